The van der Waals surface area contributed by atoms with Crippen molar-refractivity contribution in [2.45, 2.75) is 189 Å². The summed E-state index contributed by atoms with van der Waals surface area (Å²) in [4.78, 5) is 190. The Morgan fingerprint density at radius 3 is 1.32 bits per heavy atom. The van der Waals surface area contributed by atoms with Crippen LogP contribution >= 0.6 is 0 Å². The number of nitrogens with one attached hydrogen (secondary N) is 2. The van der Waals surface area contributed by atoms with Crippen LogP contribution in [0, 0.1) is 71.0 Å². The third-order valence-electron chi connectivity index (χ3n) is 21.4. The number of aliphatic hydroxyl groups excluding tert-OH is 2. The lowest BCUT2D eigenvalue weighted by Gasteiger charge is -2.36. The predicted octanol–water partition coefficient (Wildman–Crippen LogP) is 6.44. The molecule has 120 heavy (non-hydrogen) atoms. The van der Waals surface area contributed by atoms with Gasteiger partial charge in [-0.15, -0.1) is 0 Å². The van der Waals surface area contributed by atoms with Gasteiger partial charge in [0.05, 0.1) is 121 Å². The molecule has 0 bridgehead atoms. The third-order valence-corrected chi connectivity index (χ3v) is 21.4. The Bertz CT molecular complexity index is 3500. The number of hydrogen-bond acceptors (Lipinski definition) is 29. The molecule has 3 saturated heterocycles. The van der Waals surface area contributed by atoms with E-state index >= 15 is 0 Å². The predicted molar refractivity (Wildman–Crippen MR) is 441 cm³/mol. The highest BCUT2D eigenvalue weighted by Crippen LogP contribution is 2.43. The molecule has 2 aromatic rings. The molecule has 3 fully saturated rings. The molecule has 0 aromatic heterocycles. The Hall–Kier alpha value is -8.94. The minimum atomic E-state index is -1.92. The Morgan fingerprint density at radius 1 is 0.500 bits per heavy atom. The van der Waals surface area contributed by atoms with Crippen molar-refractivity contribution < 1.29 is 140 Å². The van der Waals surface area contributed by atoms with Gasteiger partial charge in [0.2, 0.25) is 17.7 Å². The van der Waals surface area contributed by atoms with Gasteiger partial charge in [0, 0.05) is 126 Å². The second kappa shape index (κ2) is 58.1. The van der Waals surface area contributed by atoms with Crippen molar-refractivity contribution in [3.8, 4) is 0 Å². The molecular weight excluding hydrogens is 1570 g/mol. The van der Waals surface area contributed by atoms with Crippen LogP contribution in [-0.2, 0) is 105 Å². The molecule has 5 rings (SSSR count). The zero-order valence-electron chi connectivity index (χ0n) is 73.5. The van der Waals surface area contributed by atoms with Gasteiger partial charge in [-0.3, -0.25) is 72.0 Å². The van der Waals surface area contributed by atoms with E-state index in [1.54, 1.807) is 45.0 Å². The van der Waals surface area contributed by atoms with E-state index in [2.05, 4.69) is 22.3 Å². The normalized spacial score (nSPS) is 19.7. The maximum atomic E-state index is 14.8. The van der Waals surface area contributed by atoms with Crippen molar-refractivity contribution in [1.29, 1.82) is 0 Å². The smallest absolute Gasteiger partial charge is 0.320 e. The fourth-order valence-electron chi connectivity index (χ4n) is 14.5. The van der Waals surface area contributed by atoms with Crippen molar-refractivity contribution in [2.75, 3.05) is 133 Å². The number of nitrogens with two attached hydrogens (primary N) is 1. The van der Waals surface area contributed by atoms with Crippen molar-refractivity contribution in [3.05, 3.63) is 59.7 Å². The number of Topliss-reactive ketones (excluding diaryl/α,β-unsaturated/α-hetero) is 1. The van der Waals surface area contributed by atoms with Crippen molar-refractivity contribution in [2.24, 2.45) is 76.7 Å². The largest absolute Gasteiger partial charge is 0.481 e. The first kappa shape index (κ1) is 109. The van der Waals surface area contributed by atoms with E-state index in [1.807, 2.05) is 83.0 Å². The Kier molecular flexibility index (Phi) is 52.8. The SMILES string of the molecule is CCC(OC)C1C(=O)OC(=O)C1C.CCCCN.CCCCNC(=O)C(C(CC1C(=O)N(CCCC)C(=O)C1C(CC(C(=O)O)C(C(=O)OCCNC(=O)c1ccc(N(C)C)cc1)C(CC)OC)OC)OC)C(CC(OC)C(C(=O)OCC)C(CC(OC)C1C(=O)OC(=O)C1C)C(=O)O)C(=O)O.CCO.CN(C)c1ccc(C(=O)CCCO)cc1. The standard InChI is InChI=1S/C58H88N4O22.C12H17NO2.C9H14O4.C4H11N.C2H6O/c1-13-17-23-59-49(64)44(35(52(67)68)28-42(81-12)47(56(74)82-16-4)37(54(71)72)29-39(78-9)43-31(5)55(73)84-58(43)76)40(79-10)27-34-45(51(66)62(50(34)65)25-18-14-2)41(80-11)30-36(53(69)70)46(38(15-3)77-8)57(75)83-26-24-60-48(63)32-19-21-33(22-20-32)61(6)7;1-13(2)11-7-5-10(6-8-11)12(15)4-3-9-14;1-4-6(12-3)7-5(2)8(10)13-9(7)11;1-2-3-4-5;1-2-3/h19-22,31,34-47H,13-18,23-30H2,1-12H3,(H,59,64)(H,60,63)(H,67,68)(H,69,70)(H,71,72);5-8,14H,3-4,9H2,1-2H3;5-7H,4H2,1-3H3;2-5H2,1H3;3H,2H2,1H3. The molecule has 2 aromatic carbocycles. The van der Waals surface area contributed by atoms with Crippen LogP contribution in [0.2, 0.25) is 0 Å². The zero-order valence-corrected chi connectivity index (χ0v) is 73.5. The molecule has 3 aliphatic heterocycles. The number of nitrogens with zero attached hydrogens (tertiary/aromatic N) is 3. The van der Waals surface area contributed by atoms with E-state index in [9.17, 15) is 82.4 Å². The number of carbonyl (C=O) groups is 14. The number of ether oxygens (including phenoxy) is 10. The number of hydrogen-bond donors (Lipinski definition) is 8. The highest BCUT2D eigenvalue weighted by molar-refractivity contribution is 6.06. The maximum Gasteiger partial charge on any atom is 0.320 e. The van der Waals surface area contributed by atoms with Gasteiger partial charge in [0.25, 0.3) is 5.91 Å². The van der Waals surface area contributed by atoms with Gasteiger partial charge in [0.1, 0.15) is 6.61 Å². The fourth-order valence-corrected chi connectivity index (χ4v) is 14.5. The van der Waals surface area contributed by atoms with E-state index in [1.165, 1.54) is 55.1 Å². The minimum Gasteiger partial charge on any atom is -0.481 e. The number of esters is 6. The number of ketones is 1. The number of anilines is 2. The highest BCUT2D eigenvalue weighted by Gasteiger charge is 2.57. The summed E-state index contributed by atoms with van der Waals surface area (Å²) in [6, 6.07) is 14.3. The molecule has 0 aliphatic carbocycles. The Labute approximate surface area is 705 Å². The second-order valence-corrected chi connectivity index (χ2v) is 29.7. The summed E-state index contributed by atoms with van der Waals surface area (Å²) in [7, 11) is 15.0. The van der Waals surface area contributed by atoms with Crippen LogP contribution in [0.4, 0.5) is 11.4 Å². The fraction of sp³-hybridized carbons (Fsp3) is 0.694. The molecule has 680 valence electrons. The second-order valence-electron chi connectivity index (χ2n) is 29.7. The van der Waals surface area contributed by atoms with E-state index in [0.717, 1.165) is 37.0 Å². The maximum absolute atomic E-state index is 14.8. The van der Waals surface area contributed by atoms with Crippen LogP contribution in [0.3, 0.4) is 0 Å². The van der Waals surface area contributed by atoms with Gasteiger partial charge in [-0.05, 0) is 133 Å². The summed E-state index contributed by atoms with van der Waals surface area (Å²) in [5.41, 5.74) is 8.14. The van der Waals surface area contributed by atoms with E-state index in [4.69, 9.17) is 58.6 Å². The number of unbranched alkanes of at least 4 members (excludes halogenated alkanes) is 3. The summed E-state index contributed by atoms with van der Waals surface area (Å²) in [6.45, 7) is 15.9. The first-order chi connectivity index (χ1) is 57.0. The van der Waals surface area contributed by atoms with Crippen LogP contribution in [-0.4, -0.2) is 274 Å². The van der Waals surface area contributed by atoms with Crippen LogP contribution in [0.5, 0.6) is 0 Å². The average molecular weight is 1710 g/mol. The van der Waals surface area contributed by atoms with E-state index in [0.29, 0.717) is 56.1 Å². The number of carboxylic acids is 3. The molecule has 35 nitrogen and oxygen atoms in total. The summed E-state index contributed by atoms with van der Waals surface area (Å²) < 4.78 is 54.3. The van der Waals surface area contributed by atoms with Gasteiger partial charge in [-0.2, -0.15) is 0 Å². The van der Waals surface area contributed by atoms with Crippen molar-refractivity contribution in [1.82, 2.24) is 15.5 Å². The summed E-state index contributed by atoms with van der Waals surface area (Å²) in [6.07, 6.45) is -3.79. The molecule has 0 spiro atoms. The van der Waals surface area contributed by atoms with E-state index in [-0.39, 0.29) is 70.3 Å². The van der Waals surface area contributed by atoms with Crippen molar-refractivity contribution in [3.63, 3.8) is 0 Å². The number of aliphatic carboxylic acids is 3. The summed E-state index contributed by atoms with van der Waals surface area (Å²) >= 11 is 0. The molecular formula is C85H136N6O29. The number of likely N-dealkylation sites (tertiary alicyclic amines) is 1. The molecule has 3 aliphatic rings. The monoisotopic (exact) mass is 1700 g/mol. The van der Waals surface area contributed by atoms with Gasteiger partial charge in [0.15, 0.2) is 5.78 Å². The highest BCUT2D eigenvalue weighted by atomic mass is 16.6. The topological polar surface area (TPSA) is 492 Å². The Balaban J connectivity index is 0.00000162. The molecule has 18 atom stereocenters. The first-order valence-electron chi connectivity index (χ1n) is 41.1. The average Bonchev–Trinajstić information content (AvgIpc) is 1.60. The minimum absolute atomic E-state index is 0.0402. The van der Waals surface area contributed by atoms with Crippen LogP contribution in [0.25, 0.3) is 0 Å². The number of amides is 4. The molecule has 9 N–H and O–H groups in total. The number of carbonyl (C=O) groups excluding carboxylic acids is 11. The van der Waals surface area contributed by atoms with Crippen LogP contribution < -0.4 is 26.2 Å². The number of imide groups is 1. The molecule has 0 saturated carbocycles. The third kappa shape index (κ3) is 33.1. The number of carboxylic acid groups (broad SMARTS) is 3. The lowest BCUT2D eigenvalue weighted by molar-refractivity contribution is -0.169. The van der Waals surface area contributed by atoms with Gasteiger partial charge in [-0.25, -0.2) is 0 Å². The summed E-state index contributed by atoms with van der Waals surface area (Å²) in [5.74, 6) is -29.2. The molecule has 0 radical (unpaired) electrons. The number of benzene rings is 2. The molecule has 18 unspecified atom stereocenters. The number of rotatable bonds is 50. The summed E-state index contributed by atoms with van der Waals surface area (Å²) in [5, 5.41) is 54.5. The Morgan fingerprint density at radius 2 is 0.942 bits per heavy atom. The van der Waals surface area contributed by atoms with Gasteiger partial charge < -0.3 is 99.1 Å². The zero-order chi connectivity index (χ0) is 91.2. The molecule has 4 amide bonds. The number of aliphatic hydroxyl groups is 2. The number of cyclic esters (lactones) is 4. The van der Waals surface area contributed by atoms with Crippen molar-refractivity contribution >= 4 is 94.5 Å². The first-order valence-corrected chi connectivity index (χ1v) is 41.1. The lowest BCUT2D eigenvalue weighted by atomic mass is 9.73. The lowest BCUT2D eigenvalue weighted by Crippen LogP contribution is -2.50. The van der Waals surface area contributed by atoms with Crippen LogP contribution in [0.15, 0.2) is 48.5 Å². The number of methoxy groups -OCH3 is 6. The van der Waals surface area contributed by atoms with Crippen LogP contribution in [0.1, 0.15) is 173 Å². The van der Waals surface area contributed by atoms with Gasteiger partial charge in [-0.1, -0.05) is 67.7 Å². The molecule has 35 heteroatoms. The quantitative estimate of drug-likeness (QED) is 0.00882. The van der Waals surface area contributed by atoms with Gasteiger partial charge >= 0.3 is 53.7 Å². The molecule has 3 heterocycles. The van der Waals surface area contributed by atoms with E-state index < -0.39 is 199 Å².